The van der Waals surface area contributed by atoms with E-state index in [1.807, 2.05) is 25.1 Å². The zero-order chi connectivity index (χ0) is 19.7. The second-order valence-corrected chi connectivity index (χ2v) is 6.73. The number of ether oxygens (including phenoxy) is 1. The lowest BCUT2D eigenvalue weighted by atomic mass is 10.2. The predicted octanol–water partition coefficient (Wildman–Crippen LogP) is 4.04. The number of hydrogen-bond donors (Lipinski definition) is 1. The molecule has 1 N–H and O–H groups in total. The molecule has 1 aliphatic rings. The van der Waals surface area contributed by atoms with Crippen LogP contribution in [0.25, 0.3) is 5.69 Å². The van der Waals surface area contributed by atoms with Gasteiger partial charge in [0, 0.05) is 23.0 Å². The number of anilines is 2. The molecule has 8 heteroatoms. The molecule has 2 amide bonds. The van der Waals surface area contributed by atoms with Crippen LogP contribution in [-0.2, 0) is 4.74 Å². The van der Waals surface area contributed by atoms with E-state index in [9.17, 15) is 9.59 Å². The number of nitrogens with one attached hydrogen (secondary N) is 1. The predicted molar refractivity (Wildman–Crippen MR) is 106 cm³/mol. The first kappa shape index (κ1) is 18.1. The zero-order valence-corrected chi connectivity index (χ0v) is 15.8. The van der Waals surface area contributed by atoms with Crippen LogP contribution < -0.4 is 10.2 Å². The third-order valence-electron chi connectivity index (χ3n) is 4.43. The minimum Gasteiger partial charge on any atom is -0.447 e. The average Bonchev–Trinajstić information content (AvgIpc) is 3.28. The lowest BCUT2D eigenvalue weighted by molar-refractivity contribution is 0.102. The number of hydrogen-bond acceptors (Lipinski definition) is 4. The van der Waals surface area contributed by atoms with Crippen molar-refractivity contribution in [3.63, 3.8) is 0 Å². The highest BCUT2D eigenvalue weighted by Crippen LogP contribution is 2.23. The highest BCUT2D eigenvalue weighted by molar-refractivity contribution is 6.32. The number of benzene rings is 2. The normalized spacial score (nSPS) is 13.5. The second kappa shape index (κ2) is 7.36. The molecule has 7 nitrogen and oxygen atoms in total. The fourth-order valence-electron chi connectivity index (χ4n) is 2.94. The summed E-state index contributed by atoms with van der Waals surface area (Å²) in [7, 11) is 0. The molecule has 0 saturated carbocycles. The van der Waals surface area contributed by atoms with Gasteiger partial charge in [-0.25, -0.2) is 9.48 Å². The van der Waals surface area contributed by atoms with Crippen LogP contribution in [0.1, 0.15) is 15.9 Å². The summed E-state index contributed by atoms with van der Waals surface area (Å²) in [4.78, 5) is 25.7. The van der Waals surface area contributed by atoms with Crippen molar-refractivity contribution in [2.75, 3.05) is 23.4 Å². The van der Waals surface area contributed by atoms with Crippen molar-refractivity contribution in [3.05, 3.63) is 70.9 Å². The van der Waals surface area contributed by atoms with Gasteiger partial charge in [0.2, 0.25) is 0 Å². The Morgan fingerprint density at radius 1 is 1.18 bits per heavy atom. The summed E-state index contributed by atoms with van der Waals surface area (Å²) in [5.74, 6) is 0.167. The van der Waals surface area contributed by atoms with E-state index in [1.165, 1.54) is 4.90 Å². The summed E-state index contributed by atoms with van der Waals surface area (Å²) in [6.45, 7) is 2.73. The number of nitrogens with zero attached hydrogens (tertiary/aromatic N) is 3. The third-order valence-corrected chi connectivity index (χ3v) is 4.75. The second-order valence-electron chi connectivity index (χ2n) is 6.32. The SMILES string of the molecule is Cc1cn(-c2ccccc2Cl)nc1NC(=O)c1ccc(N2CCOC2=O)cc1. The van der Waals surface area contributed by atoms with Crippen LogP contribution in [0, 0.1) is 6.92 Å². The van der Waals surface area contributed by atoms with Gasteiger partial charge in [0.15, 0.2) is 5.82 Å². The number of rotatable bonds is 4. The average molecular weight is 397 g/mol. The number of halogens is 1. The van der Waals surface area contributed by atoms with Gasteiger partial charge in [-0.1, -0.05) is 23.7 Å². The fraction of sp³-hybridized carbons (Fsp3) is 0.150. The molecule has 0 aliphatic carbocycles. The van der Waals surface area contributed by atoms with Gasteiger partial charge in [-0.3, -0.25) is 9.69 Å². The number of carbonyl (C=O) groups excluding carboxylic acids is 2. The first-order valence-corrected chi connectivity index (χ1v) is 9.07. The maximum atomic E-state index is 12.6. The topological polar surface area (TPSA) is 76.5 Å². The van der Waals surface area contributed by atoms with Crippen LogP contribution in [0.3, 0.4) is 0 Å². The molecule has 0 atom stereocenters. The summed E-state index contributed by atoms with van der Waals surface area (Å²) in [5.41, 5.74) is 2.69. The van der Waals surface area contributed by atoms with Crippen LogP contribution in [0.5, 0.6) is 0 Å². The fourth-order valence-corrected chi connectivity index (χ4v) is 3.17. The summed E-state index contributed by atoms with van der Waals surface area (Å²) in [6.07, 6.45) is 1.43. The molecule has 1 fully saturated rings. The van der Waals surface area contributed by atoms with Crippen molar-refractivity contribution in [2.45, 2.75) is 6.92 Å². The van der Waals surface area contributed by atoms with E-state index in [-0.39, 0.29) is 12.0 Å². The Labute approximate surface area is 166 Å². The summed E-state index contributed by atoms with van der Waals surface area (Å²) < 4.78 is 6.56. The number of cyclic esters (lactones) is 1. The number of aromatic nitrogens is 2. The largest absolute Gasteiger partial charge is 0.447 e. The Morgan fingerprint density at radius 3 is 2.61 bits per heavy atom. The molecule has 142 valence electrons. The zero-order valence-electron chi connectivity index (χ0n) is 15.1. The van der Waals surface area contributed by atoms with E-state index in [0.717, 1.165) is 11.3 Å². The Kier molecular flexibility index (Phi) is 4.75. The van der Waals surface area contributed by atoms with Crippen LogP contribution in [0.2, 0.25) is 5.02 Å². The smallest absolute Gasteiger partial charge is 0.414 e. The molecule has 4 rings (SSSR count). The van der Waals surface area contributed by atoms with Crippen molar-refractivity contribution in [1.29, 1.82) is 0 Å². The molecule has 0 unspecified atom stereocenters. The molecular formula is C20H17ClN4O3. The maximum Gasteiger partial charge on any atom is 0.414 e. The molecule has 28 heavy (non-hydrogen) atoms. The summed E-state index contributed by atoms with van der Waals surface area (Å²) in [5, 5.41) is 7.81. The van der Waals surface area contributed by atoms with E-state index >= 15 is 0 Å². The number of amides is 2. The van der Waals surface area contributed by atoms with E-state index in [4.69, 9.17) is 16.3 Å². The highest BCUT2D eigenvalue weighted by Gasteiger charge is 2.23. The molecule has 3 aromatic rings. The van der Waals surface area contributed by atoms with Gasteiger partial charge in [0.1, 0.15) is 6.61 Å². The molecular weight excluding hydrogens is 380 g/mol. The molecule has 2 heterocycles. The van der Waals surface area contributed by atoms with Crippen LogP contribution in [-0.4, -0.2) is 34.9 Å². The van der Waals surface area contributed by atoms with Gasteiger partial charge < -0.3 is 10.1 Å². The monoisotopic (exact) mass is 396 g/mol. The Morgan fingerprint density at radius 2 is 1.93 bits per heavy atom. The molecule has 0 bridgehead atoms. The molecule has 0 spiro atoms. The van der Waals surface area contributed by atoms with Gasteiger partial charge in [0.05, 0.1) is 17.3 Å². The van der Waals surface area contributed by atoms with Gasteiger partial charge in [-0.2, -0.15) is 0 Å². The molecule has 1 aromatic heterocycles. The van der Waals surface area contributed by atoms with Gasteiger partial charge in [0.25, 0.3) is 5.91 Å². The van der Waals surface area contributed by atoms with E-state index < -0.39 is 0 Å². The first-order valence-electron chi connectivity index (χ1n) is 8.70. The minimum absolute atomic E-state index is 0.289. The summed E-state index contributed by atoms with van der Waals surface area (Å²) in [6, 6.07) is 14.1. The maximum absolute atomic E-state index is 12.6. The minimum atomic E-state index is -0.377. The quantitative estimate of drug-likeness (QED) is 0.722. The van der Waals surface area contributed by atoms with Gasteiger partial charge in [-0.05, 0) is 43.3 Å². The van der Waals surface area contributed by atoms with Crippen molar-refractivity contribution >= 4 is 35.1 Å². The van der Waals surface area contributed by atoms with E-state index in [1.54, 1.807) is 41.2 Å². The van der Waals surface area contributed by atoms with E-state index in [2.05, 4.69) is 10.4 Å². The summed E-state index contributed by atoms with van der Waals surface area (Å²) >= 11 is 6.22. The Bertz CT molecular complexity index is 1050. The van der Waals surface area contributed by atoms with Gasteiger partial charge in [-0.15, -0.1) is 5.10 Å². The van der Waals surface area contributed by atoms with Crippen molar-refractivity contribution < 1.29 is 14.3 Å². The van der Waals surface area contributed by atoms with Crippen molar-refractivity contribution in [3.8, 4) is 5.69 Å². The van der Waals surface area contributed by atoms with Crippen LogP contribution in [0.15, 0.2) is 54.7 Å². The third kappa shape index (κ3) is 3.44. The first-order chi connectivity index (χ1) is 13.5. The standard InChI is InChI=1S/C20H17ClN4O3/c1-13-12-25(17-5-3-2-4-16(17)21)23-18(13)22-19(26)14-6-8-15(9-7-14)24-10-11-28-20(24)27/h2-9,12H,10-11H2,1H3,(H,22,23,26). The van der Waals surface area contributed by atoms with Crippen LogP contribution in [0.4, 0.5) is 16.3 Å². The number of carbonyl (C=O) groups is 2. The number of para-hydroxylation sites is 1. The number of aryl methyl sites for hydroxylation is 1. The molecule has 2 aromatic carbocycles. The molecule has 0 radical (unpaired) electrons. The van der Waals surface area contributed by atoms with E-state index in [0.29, 0.717) is 35.2 Å². The van der Waals surface area contributed by atoms with Crippen molar-refractivity contribution in [2.24, 2.45) is 0 Å². The Hall–Kier alpha value is -3.32. The highest BCUT2D eigenvalue weighted by atomic mass is 35.5. The Balaban J connectivity index is 1.51. The lowest BCUT2D eigenvalue weighted by Crippen LogP contribution is -2.23. The van der Waals surface area contributed by atoms with Crippen molar-refractivity contribution in [1.82, 2.24) is 9.78 Å². The molecule has 1 aliphatic heterocycles. The lowest BCUT2D eigenvalue weighted by Gasteiger charge is -2.12. The van der Waals surface area contributed by atoms with Crippen LogP contribution >= 0.6 is 11.6 Å². The molecule has 1 saturated heterocycles. The van der Waals surface area contributed by atoms with Gasteiger partial charge >= 0.3 is 6.09 Å².